The Morgan fingerprint density at radius 3 is 2.68 bits per heavy atom. The van der Waals surface area contributed by atoms with Crippen molar-refractivity contribution in [3.8, 4) is 0 Å². The number of nitrogens with zero attached hydrogens (tertiary/aromatic N) is 4. The van der Waals surface area contributed by atoms with E-state index in [0.717, 1.165) is 25.2 Å². The van der Waals surface area contributed by atoms with Gasteiger partial charge in [0.15, 0.2) is 5.82 Å². The first kappa shape index (κ1) is 14.0. The number of aryl methyl sites for hydroxylation is 1. The van der Waals surface area contributed by atoms with Crippen molar-refractivity contribution in [1.29, 1.82) is 0 Å². The van der Waals surface area contributed by atoms with E-state index in [2.05, 4.69) is 27.3 Å². The zero-order valence-corrected chi connectivity index (χ0v) is 11.9. The Labute approximate surface area is 118 Å². The molecule has 6 heteroatoms. The largest absolute Gasteiger partial charge is 0.302 e. The predicted octanol–water partition coefficient (Wildman–Crippen LogP) is 2.44. The lowest BCUT2D eigenvalue weighted by atomic mass is 10.1. The third kappa shape index (κ3) is 3.11. The highest BCUT2D eigenvalue weighted by atomic mass is 35.5. The summed E-state index contributed by atoms with van der Waals surface area (Å²) in [4.78, 5) is 8.66. The molecule has 1 N–H and O–H groups in total. The molecule has 0 bridgehead atoms. The van der Waals surface area contributed by atoms with Gasteiger partial charge in [0.2, 0.25) is 0 Å². The maximum atomic E-state index is 6.27. The van der Waals surface area contributed by atoms with Gasteiger partial charge in [0.1, 0.15) is 6.04 Å². The summed E-state index contributed by atoms with van der Waals surface area (Å²) in [5, 5.41) is 8.35. The van der Waals surface area contributed by atoms with Gasteiger partial charge in [-0.25, -0.2) is 9.97 Å². The van der Waals surface area contributed by atoms with Crippen molar-refractivity contribution in [3.05, 3.63) is 41.2 Å². The van der Waals surface area contributed by atoms with Crippen LogP contribution >= 0.6 is 11.6 Å². The summed E-state index contributed by atoms with van der Waals surface area (Å²) >= 11 is 6.27. The number of hydrogen-bond acceptors (Lipinski definition) is 4. The molecule has 0 saturated heterocycles. The lowest BCUT2D eigenvalue weighted by Gasteiger charge is -2.18. The van der Waals surface area contributed by atoms with Crippen LogP contribution in [0.3, 0.4) is 0 Å². The molecule has 0 fully saturated rings. The zero-order valence-electron chi connectivity index (χ0n) is 11.2. The molecule has 1 unspecified atom stereocenters. The number of hydrogen-bond donors (Lipinski definition) is 1. The van der Waals surface area contributed by atoms with E-state index in [4.69, 9.17) is 11.6 Å². The Kier molecular flexibility index (Phi) is 4.87. The number of nitrogens with one attached hydrogen (secondary N) is 1. The van der Waals surface area contributed by atoms with Crippen LogP contribution in [0, 0.1) is 0 Å². The van der Waals surface area contributed by atoms with E-state index >= 15 is 0 Å². The molecule has 0 aliphatic carbocycles. The molecule has 0 aromatic carbocycles. The minimum absolute atomic E-state index is 0.129. The highest BCUT2D eigenvalue weighted by Crippen LogP contribution is 2.26. The highest BCUT2D eigenvalue weighted by Gasteiger charge is 2.23. The van der Waals surface area contributed by atoms with Gasteiger partial charge in [-0.2, -0.15) is 5.10 Å². The fraction of sp³-hybridized carbons (Fsp3) is 0.462. The van der Waals surface area contributed by atoms with E-state index in [1.54, 1.807) is 24.7 Å². The second-order valence-electron chi connectivity index (χ2n) is 4.19. The van der Waals surface area contributed by atoms with Gasteiger partial charge >= 0.3 is 0 Å². The minimum atomic E-state index is -0.129. The highest BCUT2D eigenvalue weighted by molar-refractivity contribution is 6.31. The van der Waals surface area contributed by atoms with Gasteiger partial charge in [-0.05, 0) is 26.0 Å². The second kappa shape index (κ2) is 6.63. The molecule has 0 saturated carbocycles. The molecule has 19 heavy (non-hydrogen) atoms. The molecule has 0 amide bonds. The van der Waals surface area contributed by atoms with Gasteiger partial charge in [-0.1, -0.05) is 18.5 Å². The summed E-state index contributed by atoms with van der Waals surface area (Å²) in [5.41, 5.74) is 0.920. The van der Waals surface area contributed by atoms with E-state index in [1.165, 1.54) is 0 Å². The molecule has 0 radical (unpaired) electrons. The van der Waals surface area contributed by atoms with Crippen molar-refractivity contribution in [1.82, 2.24) is 25.1 Å². The SMILES string of the molecule is CCCNC(c1ncccn1)c1c(Cl)cnn1CC. The fourth-order valence-corrected chi connectivity index (χ4v) is 2.22. The summed E-state index contributed by atoms with van der Waals surface area (Å²) in [6.07, 6.45) is 6.18. The maximum absolute atomic E-state index is 6.27. The molecule has 0 aliphatic rings. The molecule has 2 rings (SSSR count). The molecule has 2 aromatic heterocycles. The van der Waals surface area contributed by atoms with Crippen molar-refractivity contribution in [2.24, 2.45) is 0 Å². The van der Waals surface area contributed by atoms with Gasteiger partial charge in [0.25, 0.3) is 0 Å². The average molecular weight is 280 g/mol. The first-order valence-electron chi connectivity index (χ1n) is 6.49. The van der Waals surface area contributed by atoms with Crippen LogP contribution in [0.4, 0.5) is 0 Å². The average Bonchev–Trinajstić information content (AvgIpc) is 2.82. The molecule has 102 valence electrons. The van der Waals surface area contributed by atoms with Gasteiger partial charge in [-0.15, -0.1) is 0 Å². The normalized spacial score (nSPS) is 12.6. The number of rotatable bonds is 6. The molecule has 1 atom stereocenters. The van der Waals surface area contributed by atoms with E-state index < -0.39 is 0 Å². The zero-order chi connectivity index (χ0) is 13.7. The maximum Gasteiger partial charge on any atom is 0.151 e. The summed E-state index contributed by atoms with van der Waals surface area (Å²) in [6, 6.07) is 1.68. The molecule has 0 aliphatic heterocycles. The van der Waals surface area contributed by atoms with Crippen LogP contribution in [0.5, 0.6) is 0 Å². The number of aromatic nitrogens is 4. The summed E-state index contributed by atoms with van der Waals surface area (Å²) < 4.78 is 1.88. The Morgan fingerprint density at radius 1 is 1.32 bits per heavy atom. The van der Waals surface area contributed by atoms with Crippen molar-refractivity contribution in [2.75, 3.05) is 6.54 Å². The standard InChI is InChI=1S/C13H18ClN5/c1-3-6-15-11(13-16-7-5-8-17-13)12-10(14)9-18-19(12)4-2/h5,7-9,11,15H,3-4,6H2,1-2H3. The van der Waals surface area contributed by atoms with Crippen LogP contribution in [0.15, 0.2) is 24.7 Å². The van der Waals surface area contributed by atoms with E-state index in [-0.39, 0.29) is 6.04 Å². The Bertz CT molecular complexity index is 511. The van der Waals surface area contributed by atoms with Crippen molar-refractivity contribution < 1.29 is 0 Å². The summed E-state index contributed by atoms with van der Waals surface area (Å²) in [6.45, 7) is 5.79. The van der Waals surface area contributed by atoms with Crippen LogP contribution < -0.4 is 5.32 Å². The van der Waals surface area contributed by atoms with Crippen LogP contribution in [0.1, 0.15) is 37.8 Å². The molecular weight excluding hydrogens is 262 g/mol. The first-order chi connectivity index (χ1) is 9.27. The lowest BCUT2D eigenvalue weighted by molar-refractivity contribution is 0.512. The Morgan fingerprint density at radius 2 is 2.05 bits per heavy atom. The Hall–Kier alpha value is -1.46. The third-order valence-corrected chi connectivity index (χ3v) is 3.14. The van der Waals surface area contributed by atoms with E-state index in [1.807, 2.05) is 11.6 Å². The number of halogens is 1. The van der Waals surface area contributed by atoms with E-state index in [0.29, 0.717) is 10.8 Å². The van der Waals surface area contributed by atoms with Gasteiger partial charge in [0.05, 0.1) is 16.9 Å². The third-order valence-electron chi connectivity index (χ3n) is 2.85. The smallest absolute Gasteiger partial charge is 0.151 e. The van der Waals surface area contributed by atoms with E-state index in [9.17, 15) is 0 Å². The minimum Gasteiger partial charge on any atom is -0.302 e. The van der Waals surface area contributed by atoms with Crippen LogP contribution in [-0.2, 0) is 6.54 Å². The van der Waals surface area contributed by atoms with Crippen LogP contribution in [-0.4, -0.2) is 26.3 Å². The molecular formula is C13H18ClN5. The van der Waals surface area contributed by atoms with Crippen molar-refractivity contribution in [3.63, 3.8) is 0 Å². The Balaban J connectivity index is 2.40. The lowest BCUT2D eigenvalue weighted by Crippen LogP contribution is -2.27. The molecule has 2 heterocycles. The van der Waals surface area contributed by atoms with Crippen molar-refractivity contribution >= 4 is 11.6 Å². The molecule has 5 nitrogen and oxygen atoms in total. The topological polar surface area (TPSA) is 55.6 Å². The molecule has 2 aromatic rings. The summed E-state index contributed by atoms with van der Waals surface area (Å²) in [7, 11) is 0. The van der Waals surface area contributed by atoms with Gasteiger partial charge < -0.3 is 5.32 Å². The monoisotopic (exact) mass is 279 g/mol. The predicted molar refractivity (Wildman–Crippen MR) is 75.1 cm³/mol. The van der Waals surface area contributed by atoms with Crippen LogP contribution in [0.2, 0.25) is 5.02 Å². The first-order valence-corrected chi connectivity index (χ1v) is 6.87. The fourth-order valence-electron chi connectivity index (χ4n) is 1.97. The van der Waals surface area contributed by atoms with Gasteiger partial charge in [0, 0.05) is 18.9 Å². The summed E-state index contributed by atoms with van der Waals surface area (Å²) in [5.74, 6) is 0.716. The van der Waals surface area contributed by atoms with Crippen molar-refractivity contribution in [2.45, 2.75) is 32.9 Å². The quantitative estimate of drug-likeness (QED) is 0.882. The second-order valence-corrected chi connectivity index (χ2v) is 4.59. The van der Waals surface area contributed by atoms with Crippen LogP contribution in [0.25, 0.3) is 0 Å². The van der Waals surface area contributed by atoms with Gasteiger partial charge in [-0.3, -0.25) is 4.68 Å². The molecule has 0 spiro atoms.